The quantitative estimate of drug-likeness (QED) is 0.885. The zero-order chi connectivity index (χ0) is 15.9. The summed E-state index contributed by atoms with van der Waals surface area (Å²) in [7, 11) is 0. The minimum atomic E-state index is 0.139. The molecule has 0 atom stereocenters. The summed E-state index contributed by atoms with van der Waals surface area (Å²) in [6, 6.07) is 0.572. The van der Waals surface area contributed by atoms with Crippen molar-refractivity contribution in [1.29, 1.82) is 0 Å². The molecule has 1 saturated carbocycles. The minimum Gasteiger partial charge on any atom is -0.330 e. The lowest BCUT2D eigenvalue weighted by molar-refractivity contribution is 0.0710. The molecule has 1 aliphatic carbocycles. The first-order valence-electron chi connectivity index (χ1n) is 8.23. The van der Waals surface area contributed by atoms with Crippen LogP contribution in [0.5, 0.6) is 0 Å². The highest BCUT2D eigenvalue weighted by molar-refractivity contribution is 5.04. The topological polar surface area (TPSA) is 29.9 Å². The molecular formula is C18H33N3. The zero-order valence-corrected chi connectivity index (χ0v) is 15.0. The maximum atomic E-state index is 4.42. The lowest BCUT2D eigenvalue weighted by Gasteiger charge is -2.45. The fourth-order valence-electron chi connectivity index (χ4n) is 4.14. The summed E-state index contributed by atoms with van der Waals surface area (Å²) < 4.78 is 2.42. The standard InChI is InChI=1S/C18H33N3/c1-16(2,3)20-11-15-10-19-13-21(15)14-8-17(4,5)12-18(6,7)9-14/h10,13-14,20H,8-9,11-12H2,1-7H3. The Morgan fingerprint density at radius 3 is 2.29 bits per heavy atom. The molecule has 1 N–H and O–H groups in total. The van der Waals surface area contributed by atoms with Gasteiger partial charge in [-0.25, -0.2) is 4.98 Å². The summed E-state index contributed by atoms with van der Waals surface area (Å²) in [6.45, 7) is 17.1. The summed E-state index contributed by atoms with van der Waals surface area (Å²) >= 11 is 0. The molecule has 1 aromatic rings. The van der Waals surface area contributed by atoms with Crippen molar-refractivity contribution in [3.05, 3.63) is 18.2 Å². The molecular weight excluding hydrogens is 258 g/mol. The largest absolute Gasteiger partial charge is 0.330 e. The minimum absolute atomic E-state index is 0.139. The van der Waals surface area contributed by atoms with Gasteiger partial charge >= 0.3 is 0 Å². The Balaban J connectivity index is 2.16. The maximum absolute atomic E-state index is 4.42. The Morgan fingerprint density at radius 2 is 1.76 bits per heavy atom. The molecule has 3 heteroatoms. The molecule has 0 aromatic carbocycles. The normalized spacial score (nSPS) is 22.4. The maximum Gasteiger partial charge on any atom is 0.0951 e. The van der Waals surface area contributed by atoms with Gasteiger partial charge < -0.3 is 9.88 Å². The van der Waals surface area contributed by atoms with E-state index in [0.29, 0.717) is 16.9 Å². The smallest absolute Gasteiger partial charge is 0.0951 e. The zero-order valence-electron chi connectivity index (χ0n) is 15.0. The second-order valence-corrected chi connectivity index (χ2v) is 9.46. The first-order chi connectivity index (χ1) is 9.48. The van der Waals surface area contributed by atoms with Crippen LogP contribution in [0.25, 0.3) is 0 Å². The van der Waals surface area contributed by atoms with Gasteiger partial charge in [0.15, 0.2) is 0 Å². The van der Waals surface area contributed by atoms with Gasteiger partial charge in [-0.1, -0.05) is 27.7 Å². The number of rotatable bonds is 3. The van der Waals surface area contributed by atoms with E-state index in [2.05, 4.69) is 63.3 Å². The Labute approximate surface area is 130 Å². The average molecular weight is 291 g/mol. The van der Waals surface area contributed by atoms with Crippen molar-refractivity contribution < 1.29 is 0 Å². The predicted octanol–water partition coefficient (Wildman–Crippen LogP) is 4.55. The Morgan fingerprint density at radius 1 is 1.19 bits per heavy atom. The van der Waals surface area contributed by atoms with Gasteiger partial charge in [-0.2, -0.15) is 0 Å². The fourth-order valence-corrected chi connectivity index (χ4v) is 4.14. The Hall–Kier alpha value is -0.830. The molecule has 2 rings (SSSR count). The van der Waals surface area contributed by atoms with E-state index in [1.165, 1.54) is 25.0 Å². The first-order valence-corrected chi connectivity index (χ1v) is 8.23. The van der Waals surface area contributed by atoms with Crippen LogP contribution in [0.15, 0.2) is 12.5 Å². The van der Waals surface area contributed by atoms with Crippen molar-refractivity contribution in [3.63, 3.8) is 0 Å². The van der Waals surface area contributed by atoms with Crippen LogP contribution < -0.4 is 5.32 Å². The van der Waals surface area contributed by atoms with Crippen LogP contribution in [0.3, 0.4) is 0 Å². The highest BCUT2D eigenvalue weighted by Crippen LogP contribution is 2.50. The molecule has 0 amide bonds. The van der Waals surface area contributed by atoms with E-state index >= 15 is 0 Å². The van der Waals surface area contributed by atoms with Crippen LogP contribution >= 0.6 is 0 Å². The lowest BCUT2D eigenvalue weighted by atomic mass is 9.63. The Kier molecular flexibility index (Phi) is 4.27. The second kappa shape index (κ2) is 5.42. The summed E-state index contributed by atoms with van der Waals surface area (Å²) in [5.74, 6) is 0. The van der Waals surface area contributed by atoms with Gasteiger partial charge in [-0.3, -0.25) is 0 Å². The third-order valence-corrected chi connectivity index (χ3v) is 4.47. The molecule has 120 valence electrons. The van der Waals surface area contributed by atoms with E-state index in [-0.39, 0.29) is 5.54 Å². The summed E-state index contributed by atoms with van der Waals surface area (Å²) in [4.78, 5) is 4.42. The molecule has 0 bridgehead atoms. The fraction of sp³-hybridized carbons (Fsp3) is 0.833. The lowest BCUT2D eigenvalue weighted by Crippen LogP contribution is -2.38. The number of aromatic nitrogens is 2. The summed E-state index contributed by atoms with van der Waals surface area (Å²) in [5, 5.41) is 3.58. The van der Waals surface area contributed by atoms with Gasteiger partial charge in [0.1, 0.15) is 0 Å². The van der Waals surface area contributed by atoms with Gasteiger partial charge in [-0.05, 0) is 50.9 Å². The number of nitrogens with zero attached hydrogens (tertiary/aromatic N) is 2. The molecule has 1 fully saturated rings. The SMILES string of the molecule is CC1(C)CC(n2cncc2CNC(C)(C)C)CC(C)(C)C1. The van der Waals surface area contributed by atoms with Gasteiger partial charge in [0, 0.05) is 24.3 Å². The van der Waals surface area contributed by atoms with Crippen LogP contribution in [0.2, 0.25) is 0 Å². The predicted molar refractivity (Wildman–Crippen MR) is 89.3 cm³/mol. The van der Waals surface area contributed by atoms with Gasteiger partial charge in [-0.15, -0.1) is 0 Å². The van der Waals surface area contributed by atoms with Crippen LogP contribution in [0.4, 0.5) is 0 Å². The van der Waals surface area contributed by atoms with Gasteiger partial charge in [0.05, 0.1) is 12.0 Å². The number of imidazole rings is 1. The third kappa shape index (κ3) is 4.57. The van der Waals surface area contributed by atoms with Crippen molar-refractivity contribution in [3.8, 4) is 0 Å². The number of nitrogens with one attached hydrogen (secondary N) is 1. The van der Waals surface area contributed by atoms with E-state index in [9.17, 15) is 0 Å². The monoisotopic (exact) mass is 291 g/mol. The Bertz CT molecular complexity index is 461. The second-order valence-electron chi connectivity index (χ2n) is 9.46. The molecule has 1 aliphatic rings. The van der Waals surface area contributed by atoms with E-state index in [0.717, 1.165) is 6.54 Å². The number of hydrogen-bond acceptors (Lipinski definition) is 2. The van der Waals surface area contributed by atoms with Crippen molar-refractivity contribution in [2.45, 2.75) is 85.9 Å². The van der Waals surface area contributed by atoms with Crippen molar-refractivity contribution in [1.82, 2.24) is 14.9 Å². The highest BCUT2D eigenvalue weighted by Gasteiger charge is 2.39. The molecule has 0 aliphatic heterocycles. The van der Waals surface area contributed by atoms with E-state index in [4.69, 9.17) is 0 Å². The molecule has 1 heterocycles. The average Bonchev–Trinajstić information content (AvgIpc) is 2.68. The van der Waals surface area contributed by atoms with Crippen molar-refractivity contribution in [2.24, 2.45) is 10.8 Å². The molecule has 21 heavy (non-hydrogen) atoms. The van der Waals surface area contributed by atoms with Crippen LogP contribution in [-0.2, 0) is 6.54 Å². The van der Waals surface area contributed by atoms with Crippen LogP contribution in [-0.4, -0.2) is 15.1 Å². The third-order valence-electron chi connectivity index (χ3n) is 4.47. The van der Waals surface area contributed by atoms with Crippen LogP contribution in [0, 0.1) is 10.8 Å². The van der Waals surface area contributed by atoms with Crippen molar-refractivity contribution >= 4 is 0 Å². The molecule has 0 unspecified atom stereocenters. The van der Waals surface area contributed by atoms with Crippen molar-refractivity contribution in [2.75, 3.05) is 0 Å². The van der Waals surface area contributed by atoms with E-state index < -0.39 is 0 Å². The number of hydrogen-bond donors (Lipinski definition) is 1. The first kappa shape index (κ1) is 16.5. The van der Waals surface area contributed by atoms with Gasteiger partial charge in [0.2, 0.25) is 0 Å². The molecule has 1 aromatic heterocycles. The van der Waals surface area contributed by atoms with Gasteiger partial charge in [0.25, 0.3) is 0 Å². The highest BCUT2D eigenvalue weighted by atomic mass is 15.1. The summed E-state index contributed by atoms with van der Waals surface area (Å²) in [6.07, 6.45) is 7.85. The molecule has 0 saturated heterocycles. The van der Waals surface area contributed by atoms with Crippen LogP contribution in [0.1, 0.15) is 79.5 Å². The van der Waals surface area contributed by atoms with E-state index in [1.807, 2.05) is 12.5 Å². The molecule has 3 nitrogen and oxygen atoms in total. The molecule has 0 radical (unpaired) electrons. The summed E-state index contributed by atoms with van der Waals surface area (Å²) in [5.41, 5.74) is 2.26. The van der Waals surface area contributed by atoms with E-state index in [1.54, 1.807) is 0 Å². The molecule has 0 spiro atoms.